The van der Waals surface area contributed by atoms with E-state index in [1.165, 1.54) is 12.1 Å². The van der Waals surface area contributed by atoms with Crippen molar-refractivity contribution in [2.75, 3.05) is 20.8 Å². The van der Waals surface area contributed by atoms with E-state index in [2.05, 4.69) is 0 Å². The van der Waals surface area contributed by atoms with Gasteiger partial charge in [-0.1, -0.05) is 0 Å². The topological polar surface area (TPSA) is 38.5 Å². The molecule has 1 rings (SSSR count). The van der Waals surface area contributed by atoms with Gasteiger partial charge in [-0.15, -0.1) is 0 Å². The maximum Gasteiger partial charge on any atom is 0.123 e. The molecule has 0 bridgehead atoms. The van der Waals surface area contributed by atoms with Crippen molar-refractivity contribution in [2.45, 2.75) is 6.54 Å². The molecule has 0 aliphatic heterocycles. The molecule has 0 aromatic heterocycles. The van der Waals surface area contributed by atoms with Gasteiger partial charge in [-0.2, -0.15) is 0 Å². The lowest BCUT2D eigenvalue weighted by Gasteiger charge is -2.15. The van der Waals surface area contributed by atoms with E-state index in [4.69, 9.17) is 10.5 Å². The van der Waals surface area contributed by atoms with Crippen LogP contribution in [0.4, 0.5) is 4.39 Å². The van der Waals surface area contributed by atoms with Crippen molar-refractivity contribution >= 4 is 0 Å². The monoisotopic (exact) mass is 198 g/mol. The first-order valence-electron chi connectivity index (χ1n) is 4.38. The zero-order valence-corrected chi connectivity index (χ0v) is 8.46. The molecule has 78 valence electrons. The van der Waals surface area contributed by atoms with Crippen LogP contribution in [0.1, 0.15) is 5.56 Å². The zero-order valence-electron chi connectivity index (χ0n) is 8.46. The molecule has 0 aliphatic carbocycles. The minimum absolute atomic E-state index is 0.258. The van der Waals surface area contributed by atoms with Gasteiger partial charge in [0.15, 0.2) is 0 Å². The fourth-order valence-corrected chi connectivity index (χ4v) is 1.23. The lowest BCUT2D eigenvalue weighted by molar-refractivity contribution is 0.325. The molecular formula is C10H15FN2O. The van der Waals surface area contributed by atoms with Crippen LogP contribution in [-0.2, 0) is 6.54 Å². The van der Waals surface area contributed by atoms with E-state index in [0.29, 0.717) is 19.0 Å². The van der Waals surface area contributed by atoms with E-state index in [-0.39, 0.29) is 5.82 Å². The molecule has 0 saturated carbocycles. The molecule has 0 heterocycles. The minimum atomic E-state index is -0.258. The van der Waals surface area contributed by atoms with Crippen LogP contribution in [0.15, 0.2) is 18.2 Å². The van der Waals surface area contributed by atoms with Gasteiger partial charge in [-0.25, -0.2) is 4.39 Å². The fourth-order valence-electron chi connectivity index (χ4n) is 1.23. The van der Waals surface area contributed by atoms with Crippen molar-refractivity contribution in [1.82, 2.24) is 4.90 Å². The summed E-state index contributed by atoms with van der Waals surface area (Å²) in [4.78, 5) is 1.87. The number of ether oxygens (including phenoxy) is 1. The van der Waals surface area contributed by atoms with Gasteiger partial charge < -0.3 is 10.5 Å². The largest absolute Gasteiger partial charge is 0.496 e. The van der Waals surface area contributed by atoms with Crippen molar-refractivity contribution in [3.63, 3.8) is 0 Å². The predicted molar refractivity (Wildman–Crippen MR) is 53.5 cm³/mol. The van der Waals surface area contributed by atoms with Crippen LogP contribution in [0.25, 0.3) is 0 Å². The summed E-state index contributed by atoms with van der Waals surface area (Å²) in [6.45, 7) is 1.01. The Kier molecular flexibility index (Phi) is 3.85. The summed E-state index contributed by atoms with van der Waals surface area (Å²) >= 11 is 0. The average molecular weight is 198 g/mol. The number of hydrogen-bond donors (Lipinski definition) is 1. The summed E-state index contributed by atoms with van der Waals surface area (Å²) in [6.07, 6.45) is 0. The molecule has 0 atom stereocenters. The van der Waals surface area contributed by atoms with E-state index in [9.17, 15) is 4.39 Å². The highest BCUT2D eigenvalue weighted by molar-refractivity contribution is 5.33. The van der Waals surface area contributed by atoms with Gasteiger partial charge in [0.2, 0.25) is 0 Å². The second-order valence-corrected chi connectivity index (χ2v) is 3.15. The van der Waals surface area contributed by atoms with E-state index in [0.717, 1.165) is 5.56 Å². The highest BCUT2D eigenvalue weighted by Crippen LogP contribution is 2.20. The lowest BCUT2D eigenvalue weighted by atomic mass is 10.2. The SMILES string of the molecule is COc1ccc(F)cc1CN(C)CN. The van der Waals surface area contributed by atoms with Crippen molar-refractivity contribution in [3.05, 3.63) is 29.6 Å². The zero-order chi connectivity index (χ0) is 10.6. The first kappa shape index (κ1) is 10.9. The Balaban J connectivity index is 2.87. The minimum Gasteiger partial charge on any atom is -0.496 e. The predicted octanol–water partition coefficient (Wildman–Crippen LogP) is 1.18. The van der Waals surface area contributed by atoms with Crippen molar-refractivity contribution in [2.24, 2.45) is 5.73 Å². The standard InChI is InChI=1S/C10H15FN2O/c1-13(7-12)6-8-5-9(11)3-4-10(8)14-2/h3-5H,6-7,12H2,1-2H3. The third-order valence-electron chi connectivity index (χ3n) is 1.99. The Labute approximate surface area is 83.3 Å². The molecule has 0 fully saturated rings. The number of benzene rings is 1. The Morgan fingerprint density at radius 3 is 2.79 bits per heavy atom. The summed E-state index contributed by atoms with van der Waals surface area (Å²) < 4.78 is 18.0. The average Bonchev–Trinajstić information content (AvgIpc) is 2.18. The van der Waals surface area contributed by atoms with E-state index < -0.39 is 0 Å². The smallest absolute Gasteiger partial charge is 0.123 e. The van der Waals surface area contributed by atoms with Crippen LogP contribution in [0.2, 0.25) is 0 Å². The third kappa shape index (κ3) is 2.68. The van der Waals surface area contributed by atoms with Crippen LogP contribution in [-0.4, -0.2) is 25.7 Å². The third-order valence-corrected chi connectivity index (χ3v) is 1.99. The maximum atomic E-state index is 12.9. The second kappa shape index (κ2) is 4.93. The molecule has 0 radical (unpaired) electrons. The number of nitrogens with zero attached hydrogens (tertiary/aromatic N) is 1. The van der Waals surface area contributed by atoms with Crippen LogP contribution in [0, 0.1) is 5.82 Å². The van der Waals surface area contributed by atoms with Gasteiger partial charge in [0, 0.05) is 18.8 Å². The van der Waals surface area contributed by atoms with Crippen molar-refractivity contribution in [3.8, 4) is 5.75 Å². The molecule has 0 aliphatic rings. The molecule has 14 heavy (non-hydrogen) atoms. The number of methoxy groups -OCH3 is 1. The summed E-state index contributed by atoms with van der Waals surface area (Å²) in [5.41, 5.74) is 6.25. The van der Waals surface area contributed by atoms with Crippen LogP contribution < -0.4 is 10.5 Å². The van der Waals surface area contributed by atoms with Gasteiger partial charge in [0.25, 0.3) is 0 Å². The Bertz CT molecular complexity index is 304. The fraction of sp³-hybridized carbons (Fsp3) is 0.400. The lowest BCUT2D eigenvalue weighted by Crippen LogP contribution is -2.25. The molecule has 3 nitrogen and oxygen atoms in total. The number of hydrogen-bond acceptors (Lipinski definition) is 3. The highest BCUT2D eigenvalue weighted by atomic mass is 19.1. The molecule has 1 aromatic carbocycles. The Morgan fingerprint density at radius 2 is 2.21 bits per heavy atom. The van der Waals surface area contributed by atoms with Gasteiger partial charge in [0.1, 0.15) is 11.6 Å². The van der Waals surface area contributed by atoms with E-state index in [1.807, 2.05) is 11.9 Å². The molecule has 2 N–H and O–H groups in total. The summed E-state index contributed by atoms with van der Waals surface area (Å²) in [7, 11) is 3.43. The van der Waals surface area contributed by atoms with Gasteiger partial charge in [-0.3, -0.25) is 4.90 Å². The summed E-state index contributed by atoms with van der Waals surface area (Å²) in [6, 6.07) is 4.46. The van der Waals surface area contributed by atoms with Crippen LogP contribution in [0.3, 0.4) is 0 Å². The normalized spacial score (nSPS) is 10.6. The molecule has 0 saturated heterocycles. The van der Waals surface area contributed by atoms with E-state index in [1.54, 1.807) is 13.2 Å². The Hall–Kier alpha value is -1.13. The molecule has 0 amide bonds. The first-order valence-corrected chi connectivity index (χ1v) is 4.38. The van der Waals surface area contributed by atoms with Crippen LogP contribution in [0.5, 0.6) is 5.75 Å². The van der Waals surface area contributed by atoms with Crippen molar-refractivity contribution < 1.29 is 9.13 Å². The Morgan fingerprint density at radius 1 is 1.50 bits per heavy atom. The second-order valence-electron chi connectivity index (χ2n) is 3.15. The maximum absolute atomic E-state index is 12.9. The molecular weight excluding hydrogens is 183 g/mol. The molecule has 1 aromatic rings. The number of nitrogens with two attached hydrogens (primary N) is 1. The highest BCUT2D eigenvalue weighted by Gasteiger charge is 2.06. The molecule has 0 spiro atoms. The van der Waals surface area contributed by atoms with Crippen LogP contribution >= 0.6 is 0 Å². The van der Waals surface area contributed by atoms with Gasteiger partial charge >= 0.3 is 0 Å². The van der Waals surface area contributed by atoms with Gasteiger partial charge in [-0.05, 0) is 25.2 Å². The first-order chi connectivity index (χ1) is 6.67. The van der Waals surface area contributed by atoms with Crippen molar-refractivity contribution in [1.29, 1.82) is 0 Å². The summed E-state index contributed by atoms with van der Waals surface area (Å²) in [5.74, 6) is 0.429. The van der Waals surface area contributed by atoms with Gasteiger partial charge in [0.05, 0.1) is 7.11 Å². The number of halogens is 1. The molecule has 4 heteroatoms. The summed E-state index contributed by atoms with van der Waals surface area (Å²) in [5, 5.41) is 0. The quantitative estimate of drug-likeness (QED) is 0.738. The molecule has 0 unspecified atom stereocenters. The number of rotatable bonds is 4. The van der Waals surface area contributed by atoms with E-state index >= 15 is 0 Å².